The summed E-state index contributed by atoms with van der Waals surface area (Å²) in [6.07, 6.45) is -3.83. The summed E-state index contributed by atoms with van der Waals surface area (Å²) in [6.45, 7) is 2.14. The number of hydrogen-bond acceptors (Lipinski definition) is 3. The number of halogens is 4. The molecule has 0 aromatic heterocycles. The molecule has 0 aliphatic heterocycles. The molecule has 4 aromatic carbocycles. The molecule has 0 aliphatic carbocycles. The van der Waals surface area contributed by atoms with Crippen LogP contribution in [0.2, 0.25) is 0 Å². The average molecular weight is 571 g/mol. The highest BCUT2D eigenvalue weighted by molar-refractivity contribution is 7.89. The van der Waals surface area contributed by atoms with E-state index in [0.717, 1.165) is 24.3 Å². The third kappa shape index (κ3) is 6.94. The summed E-state index contributed by atoms with van der Waals surface area (Å²) in [6, 6.07) is 22.7. The van der Waals surface area contributed by atoms with Crippen molar-refractivity contribution >= 4 is 21.6 Å². The second kappa shape index (κ2) is 12.0. The van der Waals surface area contributed by atoms with Crippen molar-refractivity contribution in [2.45, 2.75) is 31.0 Å². The van der Waals surface area contributed by atoms with E-state index in [2.05, 4.69) is 4.72 Å². The van der Waals surface area contributed by atoms with Crippen molar-refractivity contribution in [3.63, 3.8) is 0 Å². The molecule has 10 heteroatoms. The maximum absolute atomic E-state index is 13.5. The van der Waals surface area contributed by atoms with E-state index in [1.54, 1.807) is 36.4 Å². The standard InChI is InChI=1S/C30H26F4N2O3S/c1-2-18-35-40(38,39)28-16-10-22(11-17-28)24-4-3-5-27(19-24)36(29(37)23-8-14-26(31)15-9-23)20-21-6-12-25(13-7-21)30(32,33)34/h3-17,19,35H,2,18,20H2,1H3. The molecule has 4 aromatic rings. The number of nitrogens with zero attached hydrogens (tertiary/aromatic N) is 1. The highest BCUT2D eigenvalue weighted by Crippen LogP contribution is 2.31. The van der Waals surface area contributed by atoms with Crippen LogP contribution in [0, 0.1) is 5.82 Å². The molecule has 1 amide bonds. The van der Waals surface area contributed by atoms with E-state index in [0.29, 0.717) is 35.3 Å². The fourth-order valence-corrected chi connectivity index (χ4v) is 5.14. The Kier molecular flexibility index (Phi) is 8.70. The van der Waals surface area contributed by atoms with Crippen LogP contribution in [0.15, 0.2) is 102 Å². The lowest BCUT2D eigenvalue weighted by molar-refractivity contribution is -0.137. The first kappa shape index (κ1) is 29.0. The lowest BCUT2D eigenvalue weighted by Crippen LogP contribution is -2.30. The summed E-state index contributed by atoms with van der Waals surface area (Å²) in [7, 11) is -3.63. The summed E-state index contributed by atoms with van der Waals surface area (Å²) in [4.78, 5) is 15.0. The molecule has 0 bridgehead atoms. The van der Waals surface area contributed by atoms with Crippen molar-refractivity contribution in [3.8, 4) is 11.1 Å². The van der Waals surface area contributed by atoms with Crippen molar-refractivity contribution < 1.29 is 30.8 Å². The van der Waals surface area contributed by atoms with Crippen molar-refractivity contribution in [3.05, 3.63) is 120 Å². The number of alkyl halides is 3. The van der Waals surface area contributed by atoms with E-state index in [1.807, 2.05) is 6.92 Å². The quantitative estimate of drug-likeness (QED) is 0.220. The minimum atomic E-state index is -4.49. The molecule has 0 saturated carbocycles. The van der Waals surface area contributed by atoms with Gasteiger partial charge in [-0.05, 0) is 83.8 Å². The summed E-state index contributed by atoms with van der Waals surface area (Å²) in [5.41, 5.74) is 1.70. The van der Waals surface area contributed by atoms with Gasteiger partial charge in [-0.3, -0.25) is 4.79 Å². The lowest BCUT2D eigenvalue weighted by atomic mass is 10.0. The SMILES string of the molecule is CCCNS(=O)(=O)c1ccc(-c2cccc(N(Cc3ccc(C(F)(F)F)cc3)C(=O)c3ccc(F)cc3)c2)cc1. The Balaban J connectivity index is 1.68. The first-order valence-corrected chi connectivity index (χ1v) is 13.9. The van der Waals surface area contributed by atoms with Gasteiger partial charge in [-0.2, -0.15) is 13.2 Å². The number of carbonyl (C=O) groups excluding carboxylic acids is 1. The van der Waals surface area contributed by atoms with Gasteiger partial charge in [-0.1, -0.05) is 43.3 Å². The average Bonchev–Trinajstić information content (AvgIpc) is 2.95. The van der Waals surface area contributed by atoms with Crippen molar-refractivity contribution in [1.82, 2.24) is 4.72 Å². The largest absolute Gasteiger partial charge is 0.416 e. The van der Waals surface area contributed by atoms with Gasteiger partial charge in [-0.15, -0.1) is 0 Å². The van der Waals surface area contributed by atoms with E-state index in [1.165, 1.54) is 41.3 Å². The van der Waals surface area contributed by atoms with Crippen LogP contribution in [-0.2, 0) is 22.7 Å². The molecule has 0 saturated heterocycles. The van der Waals surface area contributed by atoms with Crippen LogP contribution in [-0.4, -0.2) is 20.9 Å². The maximum Gasteiger partial charge on any atom is 0.416 e. The molecule has 0 unspecified atom stereocenters. The zero-order valence-corrected chi connectivity index (χ0v) is 22.3. The van der Waals surface area contributed by atoms with Gasteiger partial charge in [0.15, 0.2) is 0 Å². The Hall–Kier alpha value is -4.02. The van der Waals surface area contributed by atoms with Crippen LogP contribution in [0.5, 0.6) is 0 Å². The zero-order chi connectivity index (χ0) is 28.9. The van der Waals surface area contributed by atoms with E-state index >= 15 is 0 Å². The van der Waals surface area contributed by atoms with Crippen LogP contribution < -0.4 is 9.62 Å². The molecule has 0 atom stereocenters. The molecule has 0 heterocycles. The fourth-order valence-electron chi connectivity index (χ4n) is 4.01. The van der Waals surface area contributed by atoms with Crippen molar-refractivity contribution in [1.29, 1.82) is 0 Å². The first-order valence-electron chi connectivity index (χ1n) is 12.4. The third-order valence-corrected chi connectivity index (χ3v) is 7.63. The number of sulfonamides is 1. The Labute approximate surface area is 230 Å². The van der Waals surface area contributed by atoms with E-state index in [4.69, 9.17) is 0 Å². The highest BCUT2D eigenvalue weighted by Gasteiger charge is 2.30. The topological polar surface area (TPSA) is 66.5 Å². The molecule has 0 spiro atoms. The third-order valence-electron chi connectivity index (χ3n) is 6.16. The lowest BCUT2D eigenvalue weighted by Gasteiger charge is -2.24. The molecule has 0 radical (unpaired) electrons. The number of carbonyl (C=O) groups is 1. The second-order valence-electron chi connectivity index (χ2n) is 9.07. The van der Waals surface area contributed by atoms with Gasteiger partial charge < -0.3 is 4.90 Å². The van der Waals surface area contributed by atoms with Gasteiger partial charge >= 0.3 is 6.18 Å². The van der Waals surface area contributed by atoms with Gasteiger partial charge in [0.05, 0.1) is 17.0 Å². The molecule has 0 fully saturated rings. The summed E-state index contributed by atoms with van der Waals surface area (Å²) < 4.78 is 80.0. The molecule has 4 rings (SSSR count). The molecule has 40 heavy (non-hydrogen) atoms. The predicted octanol–water partition coefficient (Wildman–Crippen LogP) is 7.05. The molecule has 1 N–H and O–H groups in total. The Bertz CT molecular complexity index is 1570. The number of nitrogens with one attached hydrogen (secondary N) is 1. The minimum absolute atomic E-state index is 0.0436. The van der Waals surface area contributed by atoms with E-state index in [9.17, 15) is 30.8 Å². The predicted molar refractivity (Wildman–Crippen MR) is 146 cm³/mol. The van der Waals surface area contributed by atoms with Gasteiger partial charge in [0.2, 0.25) is 10.0 Å². The van der Waals surface area contributed by atoms with Gasteiger partial charge in [0.1, 0.15) is 5.82 Å². The van der Waals surface area contributed by atoms with Crippen LogP contribution in [0.1, 0.15) is 34.8 Å². The molecule has 0 aliphatic rings. The van der Waals surface area contributed by atoms with Crippen LogP contribution in [0.4, 0.5) is 23.2 Å². The van der Waals surface area contributed by atoms with E-state index < -0.39 is 33.5 Å². The highest BCUT2D eigenvalue weighted by atomic mass is 32.2. The van der Waals surface area contributed by atoms with Gasteiger partial charge in [-0.25, -0.2) is 17.5 Å². The number of benzene rings is 4. The Morgan fingerprint density at radius 1 is 0.850 bits per heavy atom. The summed E-state index contributed by atoms with van der Waals surface area (Å²) in [5, 5.41) is 0. The Morgan fingerprint density at radius 3 is 2.10 bits per heavy atom. The van der Waals surface area contributed by atoms with Gasteiger partial charge in [0.25, 0.3) is 5.91 Å². The normalized spacial score (nSPS) is 11.8. The molecular weight excluding hydrogens is 544 g/mol. The van der Waals surface area contributed by atoms with E-state index in [-0.39, 0.29) is 17.0 Å². The summed E-state index contributed by atoms with van der Waals surface area (Å²) >= 11 is 0. The maximum atomic E-state index is 13.5. The summed E-state index contributed by atoms with van der Waals surface area (Å²) in [5.74, 6) is -0.983. The number of hydrogen-bond donors (Lipinski definition) is 1. The molecule has 5 nitrogen and oxygen atoms in total. The van der Waals surface area contributed by atoms with Crippen LogP contribution >= 0.6 is 0 Å². The second-order valence-corrected chi connectivity index (χ2v) is 10.8. The molecule has 208 valence electrons. The number of amides is 1. The monoisotopic (exact) mass is 570 g/mol. The van der Waals surface area contributed by atoms with Gasteiger partial charge in [0, 0.05) is 17.8 Å². The smallest absolute Gasteiger partial charge is 0.304 e. The number of rotatable bonds is 9. The number of anilines is 1. The first-order chi connectivity index (χ1) is 19.0. The van der Waals surface area contributed by atoms with Crippen LogP contribution in [0.25, 0.3) is 11.1 Å². The van der Waals surface area contributed by atoms with Crippen molar-refractivity contribution in [2.75, 3.05) is 11.4 Å². The minimum Gasteiger partial charge on any atom is -0.304 e. The fraction of sp³-hybridized carbons (Fsp3) is 0.167. The zero-order valence-electron chi connectivity index (χ0n) is 21.5. The van der Waals surface area contributed by atoms with Crippen LogP contribution in [0.3, 0.4) is 0 Å². The van der Waals surface area contributed by atoms with Crippen molar-refractivity contribution in [2.24, 2.45) is 0 Å². The Morgan fingerprint density at radius 2 is 1.50 bits per heavy atom. The molecular formula is C30H26F4N2O3S.